The molecule has 0 aliphatic heterocycles. The van der Waals surface area contributed by atoms with E-state index < -0.39 is 0 Å². The predicted octanol–water partition coefficient (Wildman–Crippen LogP) is 2.27. The number of amides is 1. The largest absolute Gasteiger partial charge is 0.356 e. The zero-order valence-electron chi connectivity index (χ0n) is 15.0. The first kappa shape index (κ1) is 19.0. The highest BCUT2D eigenvalue weighted by Gasteiger charge is 2.06. The van der Waals surface area contributed by atoms with E-state index in [2.05, 4.69) is 59.9 Å². The minimum absolute atomic E-state index is 0.0664. The van der Waals surface area contributed by atoms with Gasteiger partial charge in [-0.2, -0.15) is 0 Å². The Bertz CT molecular complexity index is 540. The van der Waals surface area contributed by atoms with Crippen LogP contribution in [0.1, 0.15) is 43.4 Å². The summed E-state index contributed by atoms with van der Waals surface area (Å²) in [5.74, 6) is 0.776. The number of hydrogen-bond donors (Lipinski definition) is 3. The molecule has 0 aromatic heterocycles. The number of benzene rings is 1. The lowest BCUT2D eigenvalue weighted by atomic mass is 10.1. The van der Waals surface area contributed by atoms with Crippen molar-refractivity contribution in [1.29, 1.82) is 0 Å². The Morgan fingerprint density at radius 3 is 2.61 bits per heavy atom. The third-order valence-corrected chi connectivity index (χ3v) is 3.83. The summed E-state index contributed by atoms with van der Waals surface area (Å²) in [6.07, 6.45) is 1.38. The first-order valence-corrected chi connectivity index (χ1v) is 8.26. The molecule has 0 spiro atoms. The van der Waals surface area contributed by atoms with Gasteiger partial charge >= 0.3 is 0 Å². The van der Waals surface area contributed by atoms with Crippen LogP contribution < -0.4 is 16.0 Å². The summed E-state index contributed by atoms with van der Waals surface area (Å²) in [6, 6.07) is 6.64. The van der Waals surface area contributed by atoms with E-state index in [0.717, 1.165) is 6.42 Å². The van der Waals surface area contributed by atoms with E-state index in [0.29, 0.717) is 25.5 Å². The van der Waals surface area contributed by atoms with Crippen LogP contribution in [0.15, 0.2) is 23.2 Å². The van der Waals surface area contributed by atoms with Crippen molar-refractivity contribution < 1.29 is 4.79 Å². The van der Waals surface area contributed by atoms with Crippen molar-refractivity contribution >= 4 is 11.9 Å². The maximum absolute atomic E-state index is 11.7. The Morgan fingerprint density at radius 2 is 2.00 bits per heavy atom. The lowest BCUT2D eigenvalue weighted by Gasteiger charge is -2.14. The molecular weight excluding hydrogens is 288 g/mol. The molecule has 5 heteroatoms. The fourth-order valence-electron chi connectivity index (χ4n) is 2.19. The number of guanidine groups is 1. The number of aliphatic imine (C=N–C) groups is 1. The van der Waals surface area contributed by atoms with E-state index in [4.69, 9.17) is 0 Å². The maximum atomic E-state index is 11.7. The average molecular weight is 318 g/mol. The van der Waals surface area contributed by atoms with Crippen LogP contribution in [0.2, 0.25) is 0 Å². The summed E-state index contributed by atoms with van der Waals surface area (Å²) < 4.78 is 0. The number of nitrogens with one attached hydrogen (secondary N) is 3. The van der Waals surface area contributed by atoms with Gasteiger partial charge in [-0.1, -0.05) is 30.7 Å². The monoisotopic (exact) mass is 318 g/mol. The molecule has 0 saturated carbocycles. The summed E-state index contributed by atoms with van der Waals surface area (Å²) in [4.78, 5) is 15.9. The molecule has 1 amide bonds. The van der Waals surface area contributed by atoms with E-state index in [-0.39, 0.29) is 11.9 Å². The Hall–Kier alpha value is -2.04. The molecule has 0 bridgehead atoms. The summed E-state index contributed by atoms with van der Waals surface area (Å²) in [5, 5.41) is 9.40. The molecule has 128 valence electrons. The molecule has 1 aromatic carbocycles. The van der Waals surface area contributed by atoms with Crippen molar-refractivity contribution in [3.8, 4) is 0 Å². The highest BCUT2D eigenvalue weighted by atomic mass is 16.1. The first-order valence-electron chi connectivity index (χ1n) is 8.26. The Morgan fingerprint density at radius 1 is 1.26 bits per heavy atom. The second kappa shape index (κ2) is 9.87. The van der Waals surface area contributed by atoms with Gasteiger partial charge < -0.3 is 16.0 Å². The number of rotatable bonds is 7. The van der Waals surface area contributed by atoms with E-state index in [1.54, 1.807) is 7.05 Å². The van der Waals surface area contributed by atoms with Crippen LogP contribution in [0.4, 0.5) is 0 Å². The predicted molar refractivity (Wildman–Crippen MR) is 96.6 cm³/mol. The van der Waals surface area contributed by atoms with Gasteiger partial charge in [-0.25, -0.2) is 0 Å². The summed E-state index contributed by atoms with van der Waals surface area (Å²) in [6.45, 7) is 9.55. The lowest BCUT2D eigenvalue weighted by Crippen LogP contribution is -2.40. The number of carbonyl (C=O) groups excluding carboxylic acids is 1. The molecule has 0 aliphatic carbocycles. The van der Waals surface area contributed by atoms with Crippen LogP contribution in [-0.4, -0.2) is 31.5 Å². The minimum atomic E-state index is 0.0664. The van der Waals surface area contributed by atoms with Gasteiger partial charge in [0.2, 0.25) is 5.91 Å². The van der Waals surface area contributed by atoms with Crippen molar-refractivity contribution in [2.75, 3.05) is 13.6 Å². The van der Waals surface area contributed by atoms with Crippen LogP contribution >= 0.6 is 0 Å². The van der Waals surface area contributed by atoms with Crippen molar-refractivity contribution in [2.24, 2.45) is 4.99 Å². The van der Waals surface area contributed by atoms with Crippen molar-refractivity contribution in [3.63, 3.8) is 0 Å². The molecule has 1 rings (SSSR count). The molecule has 1 aromatic rings. The third-order valence-electron chi connectivity index (χ3n) is 3.83. The normalized spacial score (nSPS) is 12.7. The molecule has 0 saturated heterocycles. The highest BCUT2D eigenvalue weighted by Crippen LogP contribution is 2.09. The number of carbonyl (C=O) groups is 1. The molecular formula is C18H30N4O. The minimum Gasteiger partial charge on any atom is -0.356 e. The molecule has 23 heavy (non-hydrogen) atoms. The van der Waals surface area contributed by atoms with Gasteiger partial charge in [-0.3, -0.25) is 9.79 Å². The van der Waals surface area contributed by atoms with E-state index >= 15 is 0 Å². The van der Waals surface area contributed by atoms with Crippen LogP contribution in [-0.2, 0) is 11.3 Å². The van der Waals surface area contributed by atoms with Crippen LogP contribution in [0.5, 0.6) is 0 Å². The summed E-state index contributed by atoms with van der Waals surface area (Å²) >= 11 is 0. The molecule has 3 N–H and O–H groups in total. The van der Waals surface area contributed by atoms with Crippen LogP contribution in [0.25, 0.3) is 0 Å². The van der Waals surface area contributed by atoms with Crippen molar-refractivity contribution in [3.05, 3.63) is 34.9 Å². The Labute approximate surface area is 140 Å². The first-order chi connectivity index (χ1) is 11.0. The number of nitrogens with zero attached hydrogens (tertiary/aromatic N) is 1. The fraction of sp³-hybridized carbons (Fsp3) is 0.556. The number of aryl methyl sites for hydroxylation is 2. The quantitative estimate of drug-likeness (QED) is 0.534. The molecule has 1 unspecified atom stereocenters. The smallest absolute Gasteiger partial charge is 0.221 e. The SMILES string of the molecule is CCC(C)NC(=O)CCNC(=NC)NCc1ccc(C)cc1C. The van der Waals surface area contributed by atoms with Crippen LogP contribution in [0, 0.1) is 13.8 Å². The van der Waals surface area contributed by atoms with Gasteiger partial charge in [0.15, 0.2) is 5.96 Å². The molecule has 0 aliphatic rings. The second-order valence-electron chi connectivity index (χ2n) is 5.91. The van der Waals surface area contributed by atoms with Gasteiger partial charge in [0.05, 0.1) is 0 Å². The Balaban J connectivity index is 2.36. The zero-order valence-corrected chi connectivity index (χ0v) is 15.0. The lowest BCUT2D eigenvalue weighted by molar-refractivity contribution is -0.121. The van der Waals surface area contributed by atoms with E-state index in [9.17, 15) is 4.79 Å². The Kier molecular flexibility index (Phi) is 8.16. The van der Waals surface area contributed by atoms with Gasteiger partial charge in [0, 0.05) is 32.6 Å². The van der Waals surface area contributed by atoms with Gasteiger partial charge in [0.25, 0.3) is 0 Å². The average Bonchev–Trinajstić information content (AvgIpc) is 2.51. The highest BCUT2D eigenvalue weighted by molar-refractivity contribution is 5.81. The van der Waals surface area contributed by atoms with Gasteiger partial charge in [-0.05, 0) is 38.3 Å². The number of hydrogen-bond acceptors (Lipinski definition) is 2. The molecule has 0 fully saturated rings. The zero-order chi connectivity index (χ0) is 17.2. The second-order valence-corrected chi connectivity index (χ2v) is 5.91. The molecule has 1 atom stereocenters. The standard InChI is InChI=1S/C18H30N4O/c1-6-15(4)22-17(23)9-10-20-18(19-5)21-12-16-8-7-13(2)11-14(16)3/h7-8,11,15H,6,9-10,12H2,1-5H3,(H,22,23)(H2,19,20,21). The molecule has 0 radical (unpaired) electrons. The van der Waals surface area contributed by atoms with Gasteiger partial charge in [-0.15, -0.1) is 0 Å². The molecule has 5 nitrogen and oxygen atoms in total. The van der Waals surface area contributed by atoms with Crippen molar-refractivity contribution in [2.45, 2.75) is 53.1 Å². The topological polar surface area (TPSA) is 65.5 Å². The maximum Gasteiger partial charge on any atom is 0.221 e. The third kappa shape index (κ3) is 7.17. The summed E-state index contributed by atoms with van der Waals surface area (Å²) in [7, 11) is 1.73. The molecule has 0 heterocycles. The fourth-order valence-corrected chi connectivity index (χ4v) is 2.19. The van der Waals surface area contributed by atoms with Crippen LogP contribution in [0.3, 0.4) is 0 Å². The van der Waals surface area contributed by atoms with E-state index in [1.165, 1.54) is 16.7 Å². The van der Waals surface area contributed by atoms with Crippen molar-refractivity contribution in [1.82, 2.24) is 16.0 Å². The summed E-state index contributed by atoms with van der Waals surface area (Å²) in [5.41, 5.74) is 3.77. The van der Waals surface area contributed by atoms with Gasteiger partial charge in [0.1, 0.15) is 0 Å². The van der Waals surface area contributed by atoms with E-state index in [1.807, 2.05) is 6.92 Å².